The summed E-state index contributed by atoms with van der Waals surface area (Å²) in [5.74, 6) is 0.810. The number of rotatable bonds is 5. The topological polar surface area (TPSA) is 38.8 Å². The summed E-state index contributed by atoms with van der Waals surface area (Å²) >= 11 is 0. The second-order valence-corrected chi connectivity index (χ2v) is 6.14. The van der Waals surface area contributed by atoms with E-state index in [1.54, 1.807) is 6.08 Å². The van der Waals surface area contributed by atoms with E-state index in [0.29, 0.717) is 26.4 Å². The molecular formula is C21H23NO3. The third-order valence-electron chi connectivity index (χ3n) is 4.18. The number of benzene rings is 2. The molecule has 130 valence electrons. The molecule has 0 aromatic heterocycles. The number of amides is 1. The second-order valence-electron chi connectivity index (χ2n) is 6.14. The van der Waals surface area contributed by atoms with Crippen LogP contribution in [0.2, 0.25) is 0 Å². The molecule has 1 amide bonds. The van der Waals surface area contributed by atoms with Crippen molar-refractivity contribution in [2.75, 3.05) is 19.8 Å². The highest BCUT2D eigenvalue weighted by Crippen LogP contribution is 2.17. The zero-order valence-electron chi connectivity index (χ0n) is 14.4. The maximum absolute atomic E-state index is 12.3. The Morgan fingerprint density at radius 2 is 2.08 bits per heavy atom. The van der Waals surface area contributed by atoms with Gasteiger partial charge >= 0.3 is 0 Å². The molecule has 0 N–H and O–H groups in total. The highest BCUT2D eigenvalue weighted by molar-refractivity contribution is 5.92. The third kappa shape index (κ3) is 4.94. The molecule has 2 aromatic carbocycles. The summed E-state index contributed by atoms with van der Waals surface area (Å²) in [6, 6.07) is 17.9. The lowest BCUT2D eigenvalue weighted by Crippen LogP contribution is -2.46. The fourth-order valence-electron chi connectivity index (χ4n) is 2.77. The van der Waals surface area contributed by atoms with E-state index in [2.05, 4.69) is 0 Å². The van der Waals surface area contributed by atoms with Crippen molar-refractivity contribution < 1.29 is 14.3 Å². The van der Waals surface area contributed by atoms with Crippen LogP contribution in [-0.2, 0) is 16.1 Å². The molecule has 4 nitrogen and oxygen atoms in total. The molecule has 0 radical (unpaired) electrons. The lowest BCUT2D eigenvalue weighted by molar-refractivity contribution is -0.133. The van der Waals surface area contributed by atoms with E-state index in [-0.39, 0.29) is 11.9 Å². The number of carbonyl (C=O) groups excluding carboxylic acids is 1. The van der Waals surface area contributed by atoms with Gasteiger partial charge in [-0.25, -0.2) is 0 Å². The molecular weight excluding hydrogens is 314 g/mol. The van der Waals surface area contributed by atoms with Gasteiger partial charge in [-0.15, -0.1) is 0 Å². The highest BCUT2D eigenvalue weighted by atomic mass is 16.5. The monoisotopic (exact) mass is 337 g/mol. The number of ether oxygens (including phenoxy) is 2. The Bertz CT molecular complexity index is 727. The van der Waals surface area contributed by atoms with Gasteiger partial charge in [0, 0.05) is 12.6 Å². The first kappa shape index (κ1) is 17.2. The van der Waals surface area contributed by atoms with E-state index in [4.69, 9.17) is 9.47 Å². The maximum atomic E-state index is 12.3. The summed E-state index contributed by atoms with van der Waals surface area (Å²) in [5, 5.41) is 0. The van der Waals surface area contributed by atoms with Gasteiger partial charge in [-0.05, 0) is 36.3 Å². The number of hydrogen-bond acceptors (Lipinski definition) is 3. The molecule has 25 heavy (non-hydrogen) atoms. The SMILES string of the molecule is CC1COCCN1C(=O)/C=C/c1cccc(OCc2ccccc2)c1. The van der Waals surface area contributed by atoms with Crippen LogP contribution in [0, 0.1) is 0 Å². The summed E-state index contributed by atoms with van der Waals surface area (Å²) in [6.45, 7) is 4.38. The van der Waals surface area contributed by atoms with Crippen molar-refractivity contribution in [2.24, 2.45) is 0 Å². The van der Waals surface area contributed by atoms with Gasteiger partial charge in [-0.1, -0.05) is 42.5 Å². The quantitative estimate of drug-likeness (QED) is 0.784. The molecule has 1 aliphatic heterocycles. The zero-order chi connectivity index (χ0) is 17.5. The normalized spacial score (nSPS) is 17.6. The van der Waals surface area contributed by atoms with Gasteiger partial charge in [-0.3, -0.25) is 4.79 Å². The van der Waals surface area contributed by atoms with E-state index in [9.17, 15) is 4.79 Å². The molecule has 1 atom stereocenters. The number of hydrogen-bond donors (Lipinski definition) is 0. The molecule has 1 saturated heterocycles. The molecule has 0 spiro atoms. The average molecular weight is 337 g/mol. The van der Waals surface area contributed by atoms with Crippen molar-refractivity contribution in [1.29, 1.82) is 0 Å². The van der Waals surface area contributed by atoms with E-state index < -0.39 is 0 Å². The summed E-state index contributed by atoms with van der Waals surface area (Å²) in [6.07, 6.45) is 3.46. The molecule has 1 fully saturated rings. The molecule has 3 rings (SSSR count). The first-order chi connectivity index (χ1) is 12.2. The lowest BCUT2D eigenvalue weighted by atomic mass is 10.2. The summed E-state index contributed by atoms with van der Waals surface area (Å²) in [7, 11) is 0. The van der Waals surface area contributed by atoms with Crippen LogP contribution < -0.4 is 4.74 Å². The van der Waals surface area contributed by atoms with Gasteiger partial charge in [0.2, 0.25) is 5.91 Å². The Kier molecular flexibility index (Phi) is 5.86. The van der Waals surface area contributed by atoms with Crippen molar-refractivity contribution in [3.05, 3.63) is 71.8 Å². The van der Waals surface area contributed by atoms with Crippen LogP contribution >= 0.6 is 0 Å². The van der Waals surface area contributed by atoms with Crippen molar-refractivity contribution in [1.82, 2.24) is 4.90 Å². The Balaban J connectivity index is 1.60. The van der Waals surface area contributed by atoms with Crippen LogP contribution in [-0.4, -0.2) is 36.6 Å². The fraction of sp³-hybridized carbons (Fsp3) is 0.286. The average Bonchev–Trinajstić information content (AvgIpc) is 2.66. The van der Waals surface area contributed by atoms with Crippen molar-refractivity contribution in [3.63, 3.8) is 0 Å². The number of carbonyl (C=O) groups is 1. The van der Waals surface area contributed by atoms with Crippen molar-refractivity contribution in [3.8, 4) is 5.75 Å². The smallest absolute Gasteiger partial charge is 0.246 e. The zero-order valence-corrected chi connectivity index (χ0v) is 14.4. The van der Waals surface area contributed by atoms with E-state index in [1.807, 2.05) is 72.5 Å². The second kappa shape index (κ2) is 8.49. The van der Waals surface area contributed by atoms with Crippen LogP contribution in [0.5, 0.6) is 5.75 Å². The summed E-state index contributed by atoms with van der Waals surface area (Å²) in [5.41, 5.74) is 2.07. The Hall–Kier alpha value is -2.59. The maximum Gasteiger partial charge on any atom is 0.246 e. The summed E-state index contributed by atoms with van der Waals surface area (Å²) in [4.78, 5) is 14.2. The van der Waals surface area contributed by atoms with Crippen LogP contribution in [0.3, 0.4) is 0 Å². The van der Waals surface area contributed by atoms with Crippen molar-refractivity contribution in [2.45, 2.75) is 19.6 Å². The Labute approximate surface area is 148 Å². The molecule has 0 aliphatic carbocycles. The Morgan fingerprint density at radius 1 is 1.24 bits per heavy atom. The largest absolute Gasteiger partial charge is 0.489 e. The van der Waals surface area contributed by atoms with Gasteiger partial charge in [0.05, 0.1) is 19.3 Å². The standard InChI is InChI=1S/C21H23NO3/c1-17-15-24-13-12-22(17)21(23)11-10-18-8-5-9-20(14-18)25-16-19-6-3-2-4-7-19/h2-11,14,17H,12-13,15-16H2,1H3/b11-10+. The van der Waals surface area contributed by atoms with Gasteiger partial charge in [0.25, 0.3) is 0 Å². The fourth-order valence-corrected chi connectivity index (χ4v) is 2.77. The molecule has 4 heteroatoms. The molecule has 0 bridgehead atoms. The predicted molar refractivity (Wildman–Crippen MR) is 98.2 cm³/mol. The number of morpholine rings is 1. The minimum atomic E-state index is 0.0198. The molecule has 0 saturated carbocycles. The van der Waals surface area contributed by atoms with E-state index >= 15 is 0 Å². The third-order valence-corrected chi connectivity index (χ3v) is 4.18. The molecule has 1 heterocycles. The molecule has 1 unspecified atom stereocenters. The molecule has 1 aliphatic rings. The minimum Gasteiger partial charge on any atom is -0.489 e. The van der Waals surface area contributed by atoms with Gasteiger partial charge in [0.1, 0.15) is 12.4 Å². The van der Waals surface area contributed by atoms with E-state index in [1.165, 1.54) is 0 Å². The van der Waals surface area contributed by atoms with E-state index in [0.717, 1.165) is 16.9 Å². The van der Waals surface area contributed by atoms with Gasteiger partial charge < -0.3 is 14.4 Å². The minimum absolute atomic E-state index is 0.0198. The van der Waals surface area contributed by atoms with Crippen LogP contribution in [0.15, 0.2) is 60.7 Å². The van der Waals surface area contributed by atoms with Gasteiger partial charge in [0.15, 0.2) is 0 Å². The van der Waals surface area contributed by atoms with Crippen LogP contribution in [0.4, 0.5) is 0 Å². The van der Waals surface area contributed by atoms with Gasteiger partial charge in [-0.2, -0.15) is 0 Å². The Morgan fingerprint density at radius 3 is 2.88 bits per heavy atom. The lowest BCUT2D eigenvalue weighted by Gasteiger charge is -2.32. The number of nitrogens with zero attached hydrogens (tertiary/aromatic N) is 1. The first-order valence-corrected chi connectivity index (χ1v) is 8.55. The van der Waals surface area contributed by atoms with Crippen LogP contribution in [0.1, 0.15) is 18.1 Å². The predicted octanol–water partition coefficient (Wildman–Crippen LogP) is 3.53. The first-order valence-electron chi connectivity index (χ1n) is 8.55. The van der Waals surface area contributed by atoms with Crippen molar-refractivity contribution >= 4 is 12.0 Å². The highest BCUT2D eigenvalue weighted by Gasteiger charge is 2.21. The summed E-state index contributed by atoms with van der Waals surface area (Å²) < 4.78 is 11.2. The van der Waals surface area contributed by atoms with Crippen LogP contribution in [0.25, 0.3) is 6.08 Å². The molecule has 2 aromatic rings.